The predicted octanol–water partition coefficient (Wildman–Crippen LogP) is 2.92. The van der Waals surface area contributed by atoms with E-state index in [0.29, 0.717) is 19.4 Å². The van der Waals surface area contributed by atoms with Gasteiger partial charge in [0.05, 0.1) is 12.2 Å². The Hall–Kier alpha value is -2.13. The van der Waals surface area contributed by atoms with Crippen LogP contribution in [0.1, 0.15) is 24.0 Å². The molecule has 1 amide bonds. The molecule has 1 heterocycles. The van der Waals surface area contributed by atoms with Crippen molar-refractivity contribution in [2.24, 2.45) is 0 Å². The lowest BCUT2D eigenvalue weighted by Gasteiger charge is -2.41. The fourth-order valence-electron chi connectivity index (χ4n) is 2.41. The van der Waals surface area contributed by atoms with Crippen LogP contribution < -0.4 is 10.2 Å². The van der Waals surface area contributed by atoms with Crippen LogP contribution in [0.2, 0.25) is 0 Å². The summed E-state index contributed by atoms with van der Waals surface area (Å²) in [6.45, 7) is 4.00. The summed E-state index contributed by atoms with van der Waals surface area (Å²) in [7, 11) is 0. The van der Waals surface area contributed by atoms with E-state index in [0.717, 1.165) is 6.07 Å². The molecule has 0 saturated carbocycles. The first-order chi connectivity index (χ1) is 11.8. The summed E-state index contributed by atoms with van der Waals surface area (Å²) >= 11 is 5.21. The zero-order valence-electron chi connectivity index (χ0n) is 13.2. The van der Waals surface area contributed by atoms with E-state index in [4.69, 9.17) is 22.2 Å². The Morgan fingerprint density at radius 1 is 1.52 bits per heavy atom. The first-order valence-electron chi connectivity index (χ1n) is 7.49. The summed E-state index contributed by atoms with van der Waals surface area (Å²) in [6.07, 6.45) is -2.18. The van der Waals surface area contributed by atoms with Crippen molar-refractivity contribution >= 4 is 23.1 Å². The van der Waals surface area contributed by atoms with Crippen molar-refractivity contribution in [2.45, 2.75) is 25.1 Å². The average Bonchev–Trinajstić information content (AvgIpc) is 2.53. The van der Waals surface area contributed by atoms with Gasteiger partial charge in [0.15, 0.2) is 0 Å². The molecule has 1 atom stereocenters. The number of thiocarbonyl (C=S) groups is 1. The summed E-state index contributed by atoms with van der Waals surface area (Å²) in [5, 5.41) is 8.69. The second kappa shape index (κ2) is 7.83. The monoisotopic (exact) mass is 374 g/mol. The van der Waals surface area contributed by atoms with Crippen LogP contribution in [0, 0.1) is 0 Å². The lowest BCUT2D eigenvalue weighted by atomic mass is 10.00. The average molecular weight is 374 g/mol. The van der Waals surface area contributed by atoms with Crippen molar-refractivity contribution in [1.82, 2.24) is 10.4 Å². The Morgan fingerprint density at radius 2 is 2.24 bits per heavy atom. The lowest BCUT2D eigenvalue weighted by molar-refractivity contribution is -0.139. The number of rotatable bonds is 6. The highest BCUT2D eigenvalue weighted by Gasteiger charge is 2.38. The summed E-state index contributed by atoms with van der Waals surface area (Å²) < 4.78 is 45.1. The third-order valence-corrected chi connectivity index (χ3v) is 4.28. The maximum absolute atomic E-state index is 13.3. The minimum absolute atomic E-state index is 0.0846. The van der Waals surface area contributed by atoms with Crippen LogP contribution >= 0.6 is 12.2 Å². The molecular formula is C16H17F3N2O3S. The molecule has 25 heavy (non-hydrogen) atoms. The normalized spacial score (nSPS) is 16.8. The Bertz CT molecular complexity index is 679. The number of hydrogen-bond donors (Lipinski definition) is 2. The topological polar surface area (TPSA) is 61.8 Å². The Labute approximate surface area is 148 Å². The molecule has 2 rings (SSSR count). The molecule has 0 aliphatic carbocycles. The van der Waals surface area contributed by atoms with E-state index in [9.17, 15) is 18.0 Å². The number of carbonyl (C=O) groups excluding carboxylic acids is 1. The van der Waals surface area contributed by atoms with Crippen LogP contribution in [0.4, 0.5) is 13.2 Å². The number of likely N-dealkylation sites (tertiary alicyclic amines) is 1. The van der Waals surface area contributed by atoms with Gasteiger partial charge in [-0.05, 0) is 31.0 Å². The fraction of sp³-hybridized carbons (Fsp3) is 0.375. The number of ether oxygens (including phenoxy) is 1. The Kier molecular flexibility index (Phi) is 6.02. The van der Waals surface area contributed by atoms with Crippen LogP contribution in [0.25, 0.3) is 0 Å². The molecule has 9 heteroatoms. The van der Waals surface area contributed by atoms with Gasteiger partial charge in [-0.25, -0.2) is 5.48 Å². The Balaban J connectivity index is 2.25. The van der Waals surface area contributed by atoms with Gasteiger partial charge in [-0.2, -0.15) is 13.2 Å². The molecule has 2 N–H and O–H groups in total. The van der Waals surface area contributed by atoms with Gasteiger partial charge in [-0.3, -0.25) is 10.0 Å². The van der Waals surface area contributed by atoms with Gasteiger partial charge in [-0.1, -0.05) is 18.3 Å². The number of alkyl halides is 3. The van der Waals surface area contributed by atoms with Crippen LogP contribution in [0.3, 0.4) is 0 Å². The van der Waals surface area contributed by atoms with Gasteiger partial charge >= 0.3 is 6.18 Å². The second-order valence-corrected chi connectivity index (χ2v) is 5.80. The van der Waals surface area contributed by atoms with Crippen LogP contribution in [0.15, 0.2) is 30.9 Å². The number of hydroxylamine groups is 1. The van der Waals surface area contributed by atoms with Crippen molar-refractivity contribution in [1.29, 1.82) is 0 Å². The second-order valence-electron chi connectivity index (χ2n) is 5.41. The summed E-state index contributed by atoms with van der Waals surface area (Å²) in [5.41, 5.74) is 0.759. The molecule has 1 aromatic rings. The van der Waals surface area contributed by atoms with Gasteiger partial charge in [0.25, 0.3) is 5.91 Å². The lowest BCUT2D eigenvalue weighted by Crippen LogP contribution is -2.57. The predicted molar refractivity (Wildman–Crippen MR) is 88.5 cm³/mol. The van der Waals surface area contributed by atoms with Crippen LogP contribution in [0.5, 0.6) is 5.75 Å². The van der Waals surface area contributed by atoms with Gasteiger partial charge < -0.3 is 9.64 Å². The molecule has 0 bridgehead atoms. The molecule has 5 nitrogen and oxygen atoms in total. The van der Waals surface area contributed by atoms with Crippen molar-refractivity contribution < 1.29 is 27.9 Å². The number of nitrogens with one attached hydrogen (secondary N) is 1. The molecule has 0 radical (unpaired) electrons. The molecule has 1 fully saturated rings. The largest absolute Gasteiger partial charge is 0.493 e. The number of amides is 1. The van der Waals surface area contributed by atoms with E-state index in [2.05, 4.69) is 6.58 Å². The van der Waals surface area contributed by atoms with Gasteiger partial charge in [0.1, 0.15) is 16.8 Å². The van der Waals surface area contributed by atoms with E-state index < -0.39 is 23.7 Å². The van der Waals surface area contributed by atoms with Crippen LogP contribution in [-0.4, -0.2) is 40.2 Å². The third-order valence-electron chi connectivity index (χ3n) is 3.80. The number of hydrogen-bond acceptors (Lipinski definition) is 4. The highest BCUT2D eigenvalue weighted by Crippen LogP contribution is 2.37. The van der Waals surface area contributed by atoms with Gasteiger partial charge in [0.2, 0.25) is 0 Å². The molecule has 1 aliphatic heterocycles. The Morgan fingerprint density at radius 3 is 2.76 bits per heavy atom. The summed E-state index contributed by atoms with van der Waals surface area (Å²) in [6, 6.07) is 2.87. The maximum Gasteiger partial charge on any atom is 0.419 e. The molecule has 0 aromatic heterocycles. The zero-order chi connectivity index (χ0) is 18.6. The van der Waals surface area contributed by atoms with E-state index in [1.54, 1.807) is 6.08 Å². The first kappa shape index (κ1) is 19.2. The zero-order valence-corrected chi connectivity index (χ0v) is 14.0. The van der Waals surface area contributed by atoms with Crippen LogP contribution in [-0.2, 0) is 11.0 Å². The van der Waals surface area contributed by atoms with E-state index in [1.807, 2.05) is 0 Å². The molecule has 0 spiro atoms. The molecular weight excluding hydrogens is 357 g/mol. The van der Waals surface area contributed by atoms with Crippen molar-refractivity contribution in [3.05, 3.63) is 42.0 Å². The number of nitrogens with zero attached hydrogens (tertiary/aromatic N) is 1. The molecule has 1 saturated heterocycles. The molecule has 1 aliphatic rings. The van der Waals surface area contributed by atoms with Crippen molar-refractivity contribution in [3.8, 4) is 5.75 Å². The summed E-state index contributed by atoms with van der Waals surface area (Å²) in [4.78, 5) is 13.1. The first-order valence-corrected chi connectivity index (χ1v) is 7.90. The highest BCUT2D eigenvalue weighted by molar-refractivity contribution is 7.80. The van der Waals surface area contributed by atoms with E-state index in [-0.39, 0.29) is 22.9 Å². The maximum atomic E-state index is 13.3. The fourth-order valence-corrected chi connectivity index (χ4v) is 2.75. The minimum atomic E-state index is -4.61. The number of carbonyl (C=O) groups is 1. The van der Waals surface area contributed by atoms with Crippen molar-refractivity contribution in [2.75, 3.05) is 13.2 Å². The smallest absolute Gasteiger partial charge is 0.419 e. The number of halogens is 3. The third kappa shape index (κ3) is 4.29. The molecule has 0 unspecified atom stereocenters. The van der Waals surface area contributed by atoms with E-state index in [1.165, 1.54) is 22.5 Å². The summed E-state index contributed by atoms with van der Waals surface area (Å²) in [5.74, 6) is -0.928. The van der Waals surface area contributed by atoms with Gasteiger partial charge in [0, 0.05) is 12.1 Å². The quantitative estimate of drug-likeness (QED) is 0.264. The number of benzene rings is 1. The molecule has 136 valence electrons. The standard InChI is InChI=1S/C16H17F3N2O3S/c1-2-3-8-24-13-5-4-10(9-11(13)16(17,18)19)15(25)21-7-6-12(21)14(22)20-23/h2,4-5,9,12,23H,1,3,6-8H2,(H,20,22)/t12-/m1/s1. The SMILES string of the molecule is C=CCCOc1ccc(C(=S)N2CC[C@@H]2C(=O)NO)cc1C(F)(F)F. The minimum Gasteiger partial charge on any atom is -0.493 e. The van der Waals surface area contributed by atoms with Gasteiger partial charge in [-0.15, -0.1) is 6.58 Å². The highest BCUT2D eigenvalue weighted by atomic mass is 32.1. The van der Waals surface area contributed by atoms with E-state index >= 15 is 0 Å². The molecule has 1 aromatic carbocycles. The van der Waals surface area contributed by atoms with Crippen molar-refractivity contribution in [3.63, 3.8) is 0 Å².